The molecule has 0 unspecified atom stereocenters. The Kier molecular flexibility index (Phi) is 5.28. The molecule has 0 aromatic carbocycles. The van der Waals surface area contributed by atoms with Crippen molar-refractivity contribution >= 4 is 17.4 Å². The zero-order chi connectivity index (χ0) is 11.8. The number of carbonyl (C=O) groups excluding carboxylic acids is 1. The van der Waals surface area contributed by atoms with Gasteiger partial charge in [0.15, 0.2) is 5.82 Å². The zero-order valence-electron chi connectivity index (χ0n) is 9.62. The molecule has 0 aliphatic carbocycles. The molecule has 2 N–H and O–H groups in total. The fourth-order valence-electron chi connectivity index (χ4n) is 1.22. The molecule has 5 heteroatoms. The molecule has 88 valence electrons. The summed E-state index contributed by atoms with van der Waals surface area (Å²) in [4.78, 5) is 15.0. The van der Waals surface area contributed by atoms with Crippen LogP contribution >= 0.6 is 0 Å². The van der Waals surface area contributed by atoms with Gasteiger partial charge in [0.2, 0.25) is 5.91 Å². The summed E-state index contributed by atoms with van der Waals surface area (Å²) < 4.78 is 5.21. The first-order valence-electron chi connectivity index (χ1n) is 5.28. The first kappa shape index (κ1) is 12.4. The molecule has 0 bridgehead atoms. The minimum atomic E-state index is -0.133. The van der Waals surface area contributed by atoms with Crippen LogP contribution in [0.3, 0.4) is 0 Å². The first-order valence-corrected chi connectivity index (χ1v) is 5.28. The van der Waals surface area contributed by atoms with Crippen molar-refractivity contribution in [2.75, 3.05) is 30.4 Å². The quantitative estimate of drug-likeness (QED) is 0.717. The molecule has 0 spiro atoms. The lowest BCUT2D eigenvalue weighted by Gasteiger charge is -2.10. The minimum Gasteiger partial charge on any atom is -0.380 e. The summed E-state index contributed by atoms with van der Waals surface area (Å²) in [5.41, 5.74) is 0.803. The lowest BCUT2D eigenvalue weighted by atomic mass is 10.3. The number of amides is 1. The van der Waals surface area contributed by atoms with Gasteiger partial charge >= 0.3 is 0 Å². The van der Waals surface area contributed by atoms with E-state index in [1.807, 2.05) is 19.1 Å². The largest absolute Gasteiger partial charge is 0.380 e. The smallest absolute Gasteiger partial charge is 0.222 e. The van der Waals surface area contributed by atoms with Crippen LogP contribution in [0, 0.1) is 0 Å². The number of rotatable bonds is 6. The van der Waals surface area contributed by atoms with Crippen LogP contribution in [0.4, 0.5) is 11.5 Å². The predicted octanol–water partition coefficient (Wildman–Crippen LogP) is 1.49. The minimum absolute atomic E-state index is 0.133. The molecule has 16 heavy (non-hydrogen) atoms. The van der Waals surface area contributed by atoms with Crippen molar-refractivity contribution in [2.45, 2.75) is 13.8 Å². The molecule has 1 heterocycles. The van der Waals surface area contributed by atoms with E-state index in [1.165, 1.54) is 6.92 Å². The average molecular weight is 223 g/mol. The topological polar surface area (TPSA) is 63.2 Å². The van der Waals surface area contributed by atoms with Gasteiger partial charge in [0.25, 0.3) is 0 Å². The van der Waals surface area contributed by atoms with Crippen molar-refractivity contribution < 1.29 is 9.53 Å². The van der Waals surface area contributed by atoms with E-state index in [-0.39, 0.29) is 5.91 Å². The second-order valence-corrected chi connectivity index (χ2v) is 3.20. The molecule has 1 amide bonds. The van der Waals surface area contributed by atoms with E-state index in [4.69, 9.17) is 4.74 Å². The van der Waals surface area contributed by atoms with E-state index in [2.05, 4.69) is 15.6 Å². The molecule has 0 saturated carbocycles. The number of anilines is 2. The number of nitrogens with one attached hydrogen (secondary N) is 2. The van der Waals surface area contributed by atoms with Gasteiger partial charge in [-0.1, -0.05) is 0 Å². The normalized spacial score (nSPS) is 9.88. The highest BCUT2D eigenvalue weighted by molar-refractivity contribution is 5.90. The van der Waals surface area contributed by atoms with Gasteiger partial charge in [-0.2, -0.15) is 0 Å². The van der Waals surface area contributed by atoms with Crippen LogP contribution in [0.5, 0.6) is 0 Å². The van der Waals surface area contributed by atoms with Gasteiger partial charge in [-0.3, -0.25) is 4.79 Å². The third kappa shape index (κ3) is 4.27. The molecule has 0 radical (unpaired) electrons. The Labute approximate surface area is 95.2 Å². The number of ether oxygens (including phenoxy) is 1. The van der Waals surface area contributed by atoms with Crippen LogP contribution in [0.15, 0.2) is 18.3 Å². The van der Waals surface area contributed by atoms with E-state index in [1.54, 1.807) is 6.20 Å². The Morgan fingerprint density at radius 3 is 3.06 bits per heavy atom. The van der Waals surface area contributed by atoms with Crippen LogP contribution in [-0.2, 0) is 9.53 Å². The van der Waals surface area contributed by atoms with Crippen molar-refractivity contribution in [2.24, 2.45) is 0 Å². The van der Waals surface area contributed by atoms with Gasteiger partial charge in [-0.05, 0) is 19.1 Å². The summed E-state index contributed by atoms with van der Waals surface area (Å²) in [6.07, 6.45) is 1.64. The second-order valence-electron chi connectivity index (χ2n) is 3.20. The van der Waals surface area contributed by atoms with E-state index in [0.29, 0.717) is 25.6 Å². The average Bonchev–Trinajstić information content (AvgIpc) is 2.26. The lowest BCUT2D eigenvalue weighted by molar-refractivity contribution is -0.114. The molecule has 0 aliphatic heterocycles. The van der Waals surface area contributed by atoms with E-state index < -0.39 is 0 Å². The number of hydrogen-bond donors (Lipinski definition) is 2. The highest BCUT2D eigenvalue weighted by Gasteiger charge is 2.03. The maximum atomic E-state index is 10.9. The summed E-state index contributed by atoms with van der Waals surface area (Å²) in [5.74, 6) is 0.415. The Morgan fingerprint density at radius 2 is 2.38 bits per heavy atom. The standard InChI is InChI=1S/C11H17N3O2/c1-3-16-8-7-12-10-5-4-6-13-11(10)14-9(2)15/h4-6,12H,3,7-8H2,1-2H3,(H,13,14,15). The van der Waals surface area contributed by atoms with Gasteiger partial charge in [0, 0.05) is 26.3 Å². The Hall–Kier alpha value is -1.62. The maximum Gasteiger partial charge on any atom is 0.222 e. The molecule has 1 rings (SSSR count). The second kappa shape index (κ2) is 6.79. The fourth-order valence-corrected chi connectivity index (χ4v) is 1.22. The number of aromatic nitrogens is 1. The number of pyridine rings is 1. The fraction of sp³-hybridized carbons (Fsp3) is 0.455. The van der Waals surface area contributed by atoms with E-state index in [0.717, 1.165) is 5.69 Å². The molecule has 0 fully saturated rings. The van der Waals surface area contributed by atoms with E-state index >= 15 is 0 Å². The molecular weight excluding hydrogens is 206 g/mol. The van der Waals surface area contributed by atoms with Gasteiger partial charge in [-0.15, -0.1) is 0 Å². The first-order chi connectivity index (χ1) is 7.74. The number of hydrogen-bond acceptors (Lipinski definition) is 4. The lowest BCUT2D eigenvalue weighted by Crippen LogP contribution is -2.13. The summed E-state index contributed by atoms with van der Waals surface area (Å²) in [5, 5.41) is 5.81. The van der Waals surface area contributed by atoms with Crippen LogP contribution in [-0.4, -0.2) is 30.6 Å². The third-order valence-electron chi connectivity index (χ3n) is 1.87. The van der Waals surface area contributed by atoms with Crippen molar-refractivity contribution in [3.63, 3.8) is 0 Å². The molecule has 5 nitrogen and oxygen atoms in total. The number of carbonyl (C=O) groups is 1. The van der Waals surface area contributed by atoms with Gasteiger partial charge < -0.3 is 15.4 Å². The van der Waals surface area contributed by atoms with Gasteiger partial charge in [0.1, 0.15) is 0 Å². The highest BCUT2D eigenvalue weighted by Crippen LogP contribution is 2.16. The van der Waals surface area contributed by atoms with Crippen molar-refractivity contribution in [3.05, 3.63) is 18.3 Å². The molecule has 0 aliphatic rings. The summed E-state index contributed by atoms with van der Waals surface area (Å²) >= 11 is 0. The Balaban J connectivity index is 2.53. The molecule has 0 atom stereocenters. The molecule has 0 saturated heterocycles. The third-order valence-corrected chi connectivity index (χ3v) is 1.87. The molecular formula is C11H17N3O2. The number of nitrogens with zero attached hydrogens (tertiary/aromatic N) is 1. The predicted molar refractivity (Wildman–Crippen MR) is 63.5 cm³/mol. The Bertz CT molecular complexity index is 342. The van der Waals surface area contributed by atoms with Crippen molar-refractivity contribution in [1.29, 1.82) is 0 Å². The monoisotopic (exact) mass is 223 g/mol. The summed E-state index contributed by atoms with van der Waals surface area (Å²) in [7, 11) is 0. The SMILES string of the molecule is CCOCCNc1cccnc1NC(C)=O. The van der Waals surface area contributed by atoms with E-state index in [9.17, 15) is 4.79 Å². The Morgan fingerprint density at radius 1 is 1.56 bits per heavy atom. The van der Waals surface area contributed by atoms with Crippen LogP contribution < -0.4 is 10.6 Å². The molecule has 1 aromatic rings. The summed E-state index contributed by atoms with van der Waals surface area (Å²) in [6, 6.07) is 3.68. The van der Waals surface area contributed by atoms with Crippen LogP contribution in [0.25, 0.3) is 0 Å². The maximum absolute atomic E-state index is 10.9. The van der Waals surface area contributed by atoms with Crippen LogP contribution in [0.2, 0.25) is 0 Å². The van der Waals surface area contributed by atoms with Crippen LogP contribution in [0.1, 0.15) is 13.8 Å². The molecule has 1 aromatic heterocycles. The summed E-state index contributed by atoms with van der Waals surface area (Å²) in [6.45, 7) is 5.43. The highest BCUT2D eigenvalue weighted by atomic mass is 16.5. The van der Waals surface area contributed by atoms with Gasteiger partial charge in [-0.25, -0.2) is 4.98 Å². The van der Waals surface area contributed by atoms with Crippen molar-refractivity contribution in [1.82, 2.24) is 4.98 Å². The van der Waals surface area contributed by atoms with Gasteiger partial charge in [0.05, 0.1) is 12.3 Å². The van der Waals surface area contributed by atoms with Crippen molar-refractivity contribution in [3.8, 4) is 0 Å². The zero-order valence-corrected chi connectivity index (χ0v) is 9.62.